The van der Waals surface area contributed by atoms with Crippen molar-refractivity contribution in [2.24, 2.45) is 0 Å². The highest BCUT2D eigenvalue weighted by Crippen LogP contribution is 2.41. The third kappa shape index (κ3) is 3.20. The fraction of sp³-hybridized carbons (Fsp3) is 0.400. The van der Waals surface area contributed by atoms with E-state index >= 15 is 0 Å². The van der Waals surface area contributed by atoms with Crippen molar-refractivity contribution in [1.29, 1.82) is 5.26 Å². The molecule has 3 N–H and O–H groups in total. The van der Waals surface area contributed by atoms with E-state index in [-0.39, 0.29) is 17.0 Å². The highest BCUT2D eigenvalue weighted by atomic mass is 32.1. The van der Waals surface area contributed by atoms with E-state index in [4.69, 9.17) is 0 Å². The summed E-state index contributed by atoms with van der Waals surface area (Å²) in [6.45, 7) is 10.7. The lowest BCUT2D eigenvalue weighted by Gasteiger charge is -2.38. The molecule has 0 aliphatic carbocycles. The molecule has 2 heterocycles. The van der Waals surface area contributed by atoms with Crippen molar-refractivity contribution in [3.63, 3.8) is 0 Å². The molecular weight excluding hydrogens is 330 g/mol. The third-order valence-electron chi connectivity index (χ3n) is 4.70. The summed E-state index contributed by atoms with van der Waals surface area (Å²) in [5.74, 6) is -0.158. The molecule has 0 saturated carbocycles. The van der Waals surface area contributed by atoms with Crippen LogP contribution >= 0.6 is 11.3 Å². The topological polar surface area (TPSA) is 69.5 Å². The van der Waals surface area contributed by atoms with Crippen LogP contribution in [0.15, 0.2) is 24.3 Å². The van der Waals surface area contributed by atoms with E-state index in [1.807, 2.05) is 31.2 Å². The van der Waals surface area contributed by atoms with Crippen LogP contribution in [-0.4, -0.2) is 11.4 Å². The molecule has 0 fully saturated rings. The Kier molecular flexibility index (Phi) is 4.22. The smallest absolute Gasteiger partial charge is 0.256 e. The molecule has 5 heteroatoms. The average molecular weight is 354 g/mol. The van der Waals surface area contributed by atoms with Gasteiger partial charge < -0.3 is 10.6 Å². The molecule has 0 spiro atoms. The number of fused-ring (bicyclic) bond motifs is 1. The van der Waals surface area contributed by atoms with E-state index in [2.05, 4.69) is 44.4 Å². The number of anilines is 1. The molecule has 1 aliphatic rings. The summed E-state index contributed by atoms with van der Waals surface area (Å²) in [4.78, 5) is 13.9. The van der Waals surface area contributed by atoms with Gasteiger partial charge in [-0.3, -0.25) is 4.79 Å². The first-order valence-electron chi connectivity index (χ1n) is 8.45. The number of quaternary nitrogens is 1. The van der Waals surface area contributed by atoms with Crippen LogP contribution in [0.1, 0.15) is 59.6 Å². The molecule has 3 rings (SSSR count). The van der Waals surface area contributed by atoms with Crippen molar-refractivity contribution in [3.05, 3.63) is 51.4 Å². The van der Waals surface area contributed by atoms with Gasteiger partial charge in [-0.15, -0.1) is 11.3 Å². The number of nitrogens with two attached hydrogens (primary N) is 1. The zero-order chi connectivity index (χ0) is 18.4. The van der Waals surface area contributed by atoms with Crippen molar-refractivity contribution >= 4 is 22.2 Å². The van der Waals surface area contributed by atoms with Gasteiger partial charge in [-0.05, 0) is 51.8 Å². The molecule has 1 amide bonds. The van der Waals surface area contributed by atoms with Gasteiger partial charge in [-0.25, -0.2) is 0 Å². The molecule has 0 saturated heterocycles. The summed E-state index contributed by atoms with van der Waals surface area (Å²) in [5, 5.41) is 15.7. The predicted octanol–water partition coefficient (Wildman–Crippen LogP) is 3.31. The predicted molar refractivity (Wildman–Crippen MR) is 101 cm³/mol. The van der Waals surface area contributed by atoms with E-state index in [1.165, 1.54) is 16.2 Å². The molecule has 0 radical (unpaired) electrons. The lowest BCUT2D eigenvalue weighted by atomic mass is 9.81. The van der Waals surface area contributed by atoms with Crippen LogP contribution in [0.3, 0.4) is 0 Å². The maximum absolute atomic E-state index is 12.7. The Morgan fingerprint density at radius 2 is 1.96 bits per heavy atom. The molecule has 1 aliphatic heterocycles. The van der Waals surface area contributed by atoms with Crippen molar-refractivity contribution < 1.29 is 10.1 Å². The first kappa shape index (κ1) is 17.7. The number of thiophene rings is 1. The van der Waals surface area contributed by atoms with Crippen molar-refractivity contribution in [2.45, 2.75) is 52.1 Å². The molecule has 1 aromatic heterocycles. The van der Waals surface area contributed by atoms with E-state index in [0.29, 0.717) is 16.1 Å². The Hall–Kier alpha value is -2.16. The highest BCUT2D eigenvalue weighted by Gasteiger charge is 2.44. The summed E-state index contributed by atoms with van der Waals surface area (Å²) in [6, 6.07) is 9.83. The Bertz CT molecular complexity index is 887. The summed E-state index contributed by atoms with van der Waals surface area (Å²) in [5.41, 5.74) is 3.19. The molecule has 0 atom stereocenters. The van der Waals surface area contributed by atoms with Crippen LogP contribution in [0, 0.1) is 18.3 Å². The van der Waals surface area contributed by atoms with Gasteiger partial charge in [-0.2, -0.15) is 5.26 Å². The first-order chi connectivity index (χ1) is 11.6. The highest BCUT2D eigenvalue weighted by molar-refractivity contribution is 7.16. The molecule has 2 aromatic rings. The molecule has 0 unspecified atom stereocenters. The largest absolute Gasteiger partial charge is 0.333 e. The second kappa shape index (κ2) is 5.98. The van der Waals surface area contributed by atoms with Gasteiger partial charge in [0.15, 0.2) is 0 Å². The van der Waals surface area contributed by atoms with Crippen LogP contribution in [0.25, 0.3) is 0 Å². The zero-order valence-electron chi connectivity index (χ0n) is 15.4. The summed E-state index contributed by atoms with van der Waals surface area (Å²) < 4.78 is 0. The number of amides is 1. The number of nitriles is 1. The fourth-order valence-corrected chi connectivity index (χ4v) is 5.15. The molecule has 4 nitrogen and oxygen atoms in total. The normalized spacial score (nSPS) is 17.4. The molecule has 25 heavy (non-hydrogen) atoms. The maximum Gasteiger partial charge on any atom is 0.256 e. The second-order valence-corrected chi connectivity index (χ2v) is 9.05. The zero-order valence-corrected chi connectivity index (χ0v) is 16.2. The summed E-state index contributed by atoms with van der Waals surface area (Å²) in [6.07, 6.45) is 0.825. The van der Waals surface area contributed by atoms with Crippen LogP contribution in [0.5, 0.6) is 0 Å². The van der Waals surface area contributed by atoms with E-state index in [9.17, 15) is 10.1 Å². The van der Waals surface area contributed by atoms with Crippen molar-refractivity contribution in [3.8, 4) is 6.07 Å². The molecule has 130 valence electrons. The van der Waals surface area contributed by atoms with Gasteiger partial charge in [0.1, 0.15) is 16.6 Å². The molecular formula is C20H24N3OS+. The average Bonchev–Trinajstić information content (AvgIpc) is 2.83. The lowest BCUT2D eigenvalue weighted by molar-refractivity contribution is -0.789. The van der Waals surface area contributed by atoms with Gasteiger partial charge in [0.25, 0.3) is 5.91 Å². The lowest BCUT2D eigenvalue weighted by Crippen LogP contribution is -3.03. The van der Waals surface area contributed by atoms with Gasteiger partial charge in [0.2, 0.25) is 0 Å². The minimum atomic E-state index is -0.158. The Balaban J connectivity index is 2.02. The van der Waals surface area contributed by atoms with Gasteiger partial charge in [0.05, 0.1) is 16.0 Å². The van der Waals surface area contributed by atoms with E-state index in [1.54, 1.807) is 0 Å². The number of nitrogens with one attached hydrogen (secondary N) is 1. The Labute approximate surface area is 152 Å². The number of nitrogens with zero attached hydrogens (tertiary/aromatic N) is 1. The Morgan fingerprint density at radius 3 is 2.60 bits per heavy atom. The quantitative estimate of drug-likeness (QED) is 0.869. The van der Waals surface area contributed by atoms with Gasteiger partial charge in [-0.1, -0.05) is 18.2 Å². The Morgan fingerprint density at radius 1 is 1.28 bits per heavy atom. The first-order valence-corrected chi connectivity index (χ1v) is 9.26. The number of carbonyl (C=O) groups excluding carboxylic acids is 1. The van der Waals surface area contributed by atoms with Crippen LogP contribution < -0.4 is 10.6 Å². The molecule has 0 bridgehead atoms. The maximum atomic E-state index is 12.7. The van der Waals surface area contributed by atoms with Crippen LogP contribution in [0.2, 0.25) is 0 Å². The number of carbonyl (C=O) groups is 1. The van der Waals surface area contributed by atoms with Gasteiger partial charge >= 0.3 is 0 Å². The van der Waals surface area contributed by atoms with Crippen LogP contribution in [0.4, 0.5) is 5.00 Å². The minimum absolute atomic E-state index is 0.0282. The monoisotopic (exact) mass is 354 g/mol. The second-order valence-electron chi connectivity index (χ2n) is 8.03. The minimum Gasteiger partial charge on any atom is -0.333 e. The number of hydrogen-bond acceptors (Lipinski definition) is 3. The summed E-state index contributed by atoms with van der Waals surface area (Å²) in [7, 11) is 0. The van der Waals surface area contributed by atoms with E-state index < -0.39 is 0 Å². The van der Waals surface area contributed by atoms with Crippen molar-refractivity contribution in [1.82, 2.24) is 0 Å². The third-order valence-corrected chi connectivity index (χ3v) is 6.19. The SMILES string of the molecule is Cc1ccccc1C(=O)Nc1sc2c(c1C#N)CC(C)(C)[NH2+]C2(C)C. The number of rotatable bonds is 2. The fourth-order valence-electron chi connectivity index (χ4n) is 3.91. The number of aryl methyl sites for hydroxylation is 1. The number of hydrogen-bond donors (Lipinski definition) is 2. The van der Waals surface area contributed by atoms with Crippen LogP contribution in [-0.2, 0) is 12.0 Å². The van der Waals surface area contributed by atoms with E-state index in [0.717, 1.165) is 17.5 Å². The van der Waals surface area contributed by atoms with Crippen molar-refractivity contribution in [2.75, 3.05) is 5.32 Å². The summed E-state index contributed by atoms with van der Waals surface area (Å²) >= 11 is 1.54. The standard InChI is InChI=1S/C20H23N3OS/c1-12-8-6-7-9-13(12)17(24)22-18-15(11-21)14-10-19(2,3)23-20(4,5)16(14)25-18/h6-9,23H,10H2,1-5H3,(H,22,24)/p+1. The number of benzene rings is 1. The van der Waals surface area contributed by atoms with Gasteiger partial charge in [0, 0.05) is 12.0 Å². The molecule has 1 aromatic carbocycles.